The molecule has 0 spiro atoms. The van der Waals surface area contributed by atoms with Gasteiger partial charge in [-0.15, -0.1) is 0 Å². The normalized spacial score (nSPS) is 10.7. The summed E-state index contributed by atoms with van der Waals surface area (Å²) in [6.07, 6.45) is 0.449. The third-order valence-corrected chi connectivity index (χ3v) is 5.44. The van der Waals surface area contributed by atoms with Crippen LogP contribution in [0.2, 0.25) is 0 Å². The van der Waals surface area contributed by atoms with E-state index in [1.165, 1.54) is 0 Å². The predicted molar refractivity (Wildman–Crippen MR) is 109 cm³/mol. The summed E-state index contributed by atoms with van der Waals surface area (Å²) in [5.74, 6) is -1.23. The van der Waals surface area contributed by atoms with E-state index in [9.17, 15) is 14.4 Å². The fraction of sp³-hybridized carbons (Fsp3) is 0.150. The lowest BCUT2D eigenvalue weighted by molar-refractivity contribution is 0.0524. The summed E-state index contributed by atoms with van der Waals surface area (Å²) in [5.41, 5.74) is 1.25. The summed E-state index contributed by atoms with van der Waals surface area (Å²) in [6, 6.07) is 8.44. The molecule has 3 aromatic rings. The van der Waals surface area contributed by atoms with Gasteiger partial charge in [-0.05, 0) is 69.5 Å². The topological polar surface area (TPSA) is 82.8 Å². The number of aryl methyl sites for hydroxylation is 1. The van der Waals surface area contributed by atoms with Crippen molar-refractivity contribution in [2.24, 2.45) is 0 Å². The molecule has 0 bridgehead atoms. The van der Waals surface area contributed by atoms with Crippen molar-refractivity contribution in [3.05, 3.63) is 61.7 Å². The molecule has 3 rings (SSSR count). The van der Waals surface area contributed by atoms with Gasteiger partial charge in [-0.1, -0.05) is 12.1 Å². The van der Waals surface area contributed by atoms with E-state index in [1.807, 2.05) is 0 Å². The molecular formula is C20H14Br2O6. The average Bonchev–Trinajstić information content (AvgIpc) is 3.07. The van der Waals surface area contributed by atoms with E-state index in [2.05, 4.69) is 31.9 Å². The van der Waals surface area contributed by atoms with E-state index >= 15 is 0 Å². The molecule has 2 aromatic carbocycles. The molecule has 8 heteroatoms. The third-order valence-electron chi connectivity index (χ3n) is 3.96. The van der Waals surface area contributed by atoms with Crippen molar-refractivity contribution in [2.75, 3.05) is 6.61 Å². The predicted octanol–water partition coefficient (Wildman–Crippen LogP) is 5.47. The highest BCUT2D eigenvalue weighted by molar-refractivity contribution is 9.11. The Morgan fingerprint density at radius 3 is 2.54 bits per heavy atom. The summed E-state index contributed by atoms with van der Waals surface area (Å²) in [6.45, 7) is 3.51. The summed E-state index contributed by atoms with van der Waals surface area (Å²) in [7, 11) is 0. The highest BCUT2D eigenvalue weighted by atomic mass is 79.9. The number of fused-ring (bicyclic) bond motifs is 1. The van der Waals surface area contributed by atoms with Crippen LogP contribution in [0.25, 0.3) is 11.0 Å². The maximum absolute atomic E-state index is 12.6. The van der Waals surface area contributed by atoms with Crippen molar-refractivity contribution in [1.29, 1.82) is 0 Å². The third kappa shape index (κ3) is 3.62. The molecule has 0 aliphatic carbocycles. The first-order valence-electron chi connectivity index (χ1n) is 8.23. The van der Waals surface area contributed by atoms with Crippen LogP contribution >= 0.6 is 31.9 Å². The minimum atomic E-state index is -0.697. The molecule has 1 heterocycles. The lowest BCUT2D eigenvalue weighted by atomic mass is 10.1. The van der Waals surface area contributed by atoms with E-state index < -0.39 is 11.9 Å². The number of aldehydes is 1. The lowest BCUT2D eigenvalue weighted by Gasteiger charge is -2.10. The van der Waals surface area contributed by atoms with Crippen molar-refractivity contribution in [2.45, 2.75) is 13.8 Å². The molecule has 0 unspecified atom stereocenters. The SMILES string of the molecule is CCOC(=O)c1c(C=O)oc2c(C)cc(OC(=O)c3ccccc3Br)c(Br)c12. The molecule has 0 N–H and O–H groups in total. The second-order valence-corrected chi connectivity index (χ2v) is 7.41. The quantitative estimate of drug-likeness (QED) is 0.257. The van der Waals surface area contributed by atoms with Crippen LogP contribution < -0.4 is 4.74 Å². The molecule has 0 radical (unpaired) electrons. The Labute approximate surface area is 177 Å². The number of rotatable bonds is 5. The number of hydrogen-bond acceptors (Lipinski definition) is 6. The number of carbonyl (C=O) groups excluding carboxylic acids is 3. The molecular weight excluding hydrogens is 496 g/mol. The van der Waals surface area contributed by atoms with E-state index in [0.29, 0.717) is 37.3 Å². The maximum atomic E-state index is 12.6. The fourth-order valence-corrected chi connectivity index (χ4v) is 3.75. The maximum Gasteiger partial charge on any atom is 0.344 e. The van der Waals surface area contributed by atoms with Crippen molar-refractivity contribution in [1.82, 2.24) is 0 Å². The molecule has 144 valence electrons. The first-order valence-corrected chi connectivity index (χ1v) is 9.82. The summed E-state index contributed by atoms with van der Waals surface area (Å²) in [5, 5.41) is 0.315. The molecule has 6 nitrogen and oxygen atoms in total. The zero-order valence-electron chi connectivity index (χ0n) is 14.9. The number of carbonyl (C=O) groups is 3. The van der Waals surface area contributed by atoms with Gasteiger partial charge in [-0.2, -0.15) is 0 Å². The first-order chi connectivity index (χ1) is 13.4. The van der Waals surface area contributed by atoms with Crippen LogP contribution in [-0.2, 0) is 4.74 Å². The number of halogens is 2. The van der Waals surface area contributed by atoms with Gasteiger partial charge in [0.2, 0.25) is 0 Å². The Kier molecular flexibility index (Phi) is 6.00. The van der Waals surface area contributed by atoms with E-state index in [0.717, 1.165) is 0 Å². The van der Waals surface area contributed by atoms with Gasteiger partial charge >= 0.3 is 11.9 Å². The van der Waals surface area contributed by atoms with Gasteiger partial charge in [-0.25, -0.2) is 9.59 Å². The van der Waals surface area contributed by atoms with E-state index in [-0.39, 0.29) is 23.7 Å². The summed E-state index contributed by atoms with van der Waals surface area (Å²) >= 11 is 6.69. The van der Waals surface area contributed by atoms with Crippen LogP contribution in [0.5, 0.6) is 5.75 Å². The van der Waals surface area contributed by atoms with Gasteiger partial charge in [0.1, 0.15) is 16.9 Å². The zero-order valence-corrected chi connectivity index (χ0v) is 18.0. The second-order valence-electron chi connectivity index (χ2n) is 5.76. The number of hydrogen-bond donors (Lipinski definition) is 0. The highest BCUT2D eigenvalue weighted by Crippen LogP contribution is 2.40. The van der Waals surface area contributed by atoms with Gasteiger partial charge in [0.25, 0.3) is 0 Å². The van der Waals surface area contributed by atoms with Crippen LogP contribution in [-0.4, -0.2) is 24.8 Å². The van der Waals surface area contributed by atoms with Gasteiger partial charge in [0.15, 0.2) is 12.0 Å². The van der Waals surface area contributed by atoms with Crippen molar-refractivity contribution in [3.8, 4) is 5.75 Å². The molecule has 0 atom stereocenters. The smallest absolute Gasteiger partial charge is 0.344 e. The Morgan fingerprint density at radius 2 is 1.89 bits per heavy atom. The van der Waals surface area contributed by atoms with Crippen molar-refractivity contribution >= 4 is 61.1 Å². The van der Waals surface area contributed by atoms with Gasteiger partial charge in [-0.3, -0.25) is 4.79 Å². The minimum Gasteiger partial charge on any atom is -0.462 e. The number of furan rings is 1. The number of esters is 2. The van der Waals surface area contributed by atoms with Crippen LogP contribution in [0.1, 0.15) is 43.8 Å². The highest BCUT2D eigenvalue weighted by Gasteiger charge is 2.27. The Balaban J connectivity index is 2.15. The van der Waals surface area contributed by atoms with Crippen molar-refractivity contribution < 1.29 is 28.3 Å². The second kappa shape index (κ2) is 8.28. The van der Waals surface area contributed by atoms with Crippen LogP contribution in [0.4, 0.5) is 0 Å². The molecule has 1 aromatic heterocycles. The Bertz CT molecular complexity index is 1100. The number of benzene rings is 2. The van der Waals surface area contributed by atoms with Gasteiger partial charge in [0.05, 0.1) is 22.0 Å². The fourth-order valence-electron chi connectivity index (χ4n) is 2.73. The standard InChI is InChI=1S/C20H14Br2O6/c1-3-26-20(25)15-14(9-23)27-18-10(2)8-13(17(22)16(15)18)28-19(24)11-6-4-5-7-12(11)21/h4-9H,3H2,1-2H3. The molecule has 0 saturated carbocycles. The Morgan fingerprint density at radius 1 is 1.18 bits per heavy atom. The molecule has 28 heavy (non-hydrogen) atoms. The van der Waals surface area contributed by atoms with E-state index in [4.69, 9.17) is 13.9 Å². The Hall–Kier alpha value is -2.45. The minimum absolute atomic E-state index is 0.0133. The number of ether oxygens (including phenoxy) is 2. The summed E-state index contributed by atoms with van der Waals surface area (Å²) < 4.78 is 17.0. The zero-order chi connectivity index (χ0) is 20.4. The van der Waals surface area contributed by atoms with Gasteiger partial charge < -0.3 is 13.9 Å². The first kappa shape index (κ1) is 20.3. The van der Waals surface area contributed by atoms with Crippen LogP contribution in [0.15, 0.2) is 43.7 Å². The summed E-state index contributed by atoms with van der Waals surface area (Å²) in [4.78, 5) is 36.4. The monoisotopic (exact) mass is 508 g/mol. The van der Waals surface area contributed by atoms with E-state index in [1.54, 1.807) is 44.2 Å². The molecule has 0 aliphatic heterocycles. The van der Waals surface area contributed by atoms with Crippen LogP contribution in [0, 0.1) is 6.92 Å². The molecule has 0 aliphatic rings. The van der Waals surface area contributed by atoms with Crippen LogP contribution in [0.3, 0.4) is 0 Å². The van der Waals surface area contributed by atoms with Gasteiger partial charge in [0, 0.05) is 4.47 Å². The largest absolute Gasteiger partial charge is 0.462 e. The average molecular weight is 510 g/mol. The lowest BCUT2D eigenvalue weighted by Crippen LogP contribution is -2.10. The van der Waals surface area contributed by atoms with Crippen molar-refractivity contribution in [3.63, 3.8) is 0 Å². The molecule has 0 fully saturated rings. The molecule has 0 amide bonds. The molecule has 0 saturated heterocycles.